The lowest BCUT2D eigenvalue weighted by Crippen LogP contribution is -2.21. The standard InChI is InChI=1S/C18H21NO2/c1-3-15(4-2)21-18(20)19-17-13-9-8-12-16(17)14-10-6-5-7-11-14/h5-13,15H,3-4H2,1-2H3,(H,19,20). The number of nitrogens with one attached hydrogen (secondary N) is 1. The van der Waals surface area contributed by atoms with Crippen molar-refractivity contribution in [1.29, 1.82) is 0 Å². The van der Waals surface area contributed by atoms with Gasteiger partial charge in [0.25, 0.3) is 0 Å². The van der Waals surface area contributed by atoms with E-state index in [2.05, 4.69) is 5.32 Å². The van der Waals surface area contributed by atoms with Gasteiger partial charge in [0.15, 0.2) is 0 Å². The van der Waals surface area contributed by atoms with Crippen LogP contribution in [-0.4, -0.2) is 12.2 Å². The quantitative estimate of drug-likeness (QED) is 0.830. The van der Waals surface area contributed by atoms with Crippen LogP contribution in [0.5, 0.6) is 0 Å². The van der Waals surface area contributed by atoms with E-state index >= 15 is 0 Å². The number of hydrogen-bond acceptors (Lipinski definition) is 2. The topological polar surface area (TPSA) is 38.3 Å². The number of hydrogen-bond donors (Lipinski definition) is 1. The average molecular weight is 283 g/mol. The number of anilines is 1. The fourth-order valence-electron chi connectivity index (χ4n) is 2.21. The van der Waals surface area contributed by atoms with Gasteiger partial charge in [0, 0.05) is 5.56 Å². The van der Waals surface area contributed by atoms with E-state index in [4.69, 9.17) is 4.74 Å². The van der Waals surface area contributed by atoms with Crippen molar-refractivity contribution in [2.75, 3.05) is 5.32 Å². The molecule has 2 rings (SSSR count). The van der Waals surface area contributed by atoms with Crippen LogP contribution >= 0.6 is 0 Å². The molecule has 0 spiro atoms. The summed E-state index contributed by atoms with van der Waals surface area (Å²) in [4.78, 5) is 12.0. The number of ether oxygens (including phenoxy) is 1. The van der Waals surface area contributed by atoms with Crippen LogP contribution in [0.1, 0.15) is 26.7 Å². The normalized spacial score (nSPS) is 10.4. The number of amides is 1. The van der Waals surface area contributed by atoms with E-state index in [1.807, 2.05) is 68.4 Å². The molecule has 0 fully saturated rings. The Morgan fingerprint density at radius 2 is 1.62 bits per heavy atom. The van der Waals surface area contributed by atoms with Crippen LogP contribution in [0.2, 0.25) is 0 Å². The highest BCUT2D eigenvalue weighted by Gasteiger charge is 2.12. The van der Waals surface area contributed by atoms with Gasteiger partial charge in [-0.25, -0.2) is 4.79 Å². The Morgan fingerprint density at radius 3 is 2.29 bits per heavy atom. The van der Waals surface area contributed by atoms with E-state index in [-0.39, 0.29) is 6.10 Å². The molecule has 3 heteroatoms. The molecule has 0 radical (unpaired) electrons. The molecule has 3 nitrogen and oxygen atoms in total. The maximum Gasteiger partial charge on any atom is 0.411 e. The van der Waals surface area contributed by atoms with Gasteiger partial charge in [-0.15, -0.1) is 0 Å². The maximum absolute atomic E-state index is 12.0. The van der Waals surface area contributed by atoms with Crippen molar-refractivity contribution in [3.8, 4) is 11.1 Å². The molecule has 0 aliphatic carbocycles. The van der Waals surface area contributed by atoms with E-state index in [0.717, 1.165) is 29.7 Å². The molecule has 0 saturated heterocycles. The summed E-state index contributed by atoms with van der Waals surface area (Å²) < 4.78 is 5.39. The summed E-state index contributed by atoms with van der Waals surface area (Å²) in [6.45, 7) is 4.03. The monoisotopic (exact) mass is 283 g/mol. The van der Waals surface area contributed by atoms with Crippen LogP contribution in [0.25, 0.3) is 11.1 Å². The van der Waals surface area contributed by atoms with Crippen molar-refractivity contribution in [2.45, 2.75) is 32.8 Å². The zero-order chi connectivity index (χ0) is 15.1. The van der Waals surface area contributed by atoms with E-state index < -0.39 is 6.09 Å². The summed E-state index contributed by atoms with van der Waals surface area (Å²) in [5.41, 5.74) is 2.81. The van der Waals surface area contributed by atoms with Gasteiger partial charge >= 0.3 is 6.09 Å². The summed E-state index contributed by atoms with van der Waals surface area (Å²) in [5, 5.41) is 2.85. The zero-order valence-corrected chi connectivity index (χ0v) is 12.5. The van der Waals surface area contributed by atoms with Crippen LogP contribution in [0.3, 0.4) is 0 Å². The number of benzene rings is 2. The Hall–Kier alpha value is -2.29. The minimum atomic E-state index is -0.396. The average Bonchev–Trinajstić information content (AvgIpc) is 2.54. The Balaban J connectivity index is 2.16. The van der Waals surface area contributed by atoms with Crippen LogP contribution in [0, 0.1) is 0 Å². The molecule has 0 bridgehead atoms. The molecule has 0 aromatic heterocycles. The Bertz CT molecular complexity index is 577. The summed E-state index contributed by atoms with van der Waals surface area (Å²) in [6.07, 6.45) is 1.22. The first-order valence-corrected chi connectivity index (χ1v) is 7.36. The number of para-hydroxylation sites is 1. The molecular weight excluding hydrogens is 262 g/mol. The lowest BCUT2D eigenvalue weighted by Gasteiger charge is -2.16. The van der Waals surface area contributed by atoms with Crippen molar-refractivity contribution in [3.63, 3.8) is 0 Å². The maximum atomic E-state index is 12.0. The van der Waals surface area contributed by atoms with Gasteiger partial charge < -0.3 is 4.74 Å². The molecule has 0 aliphatic rings. The molecule has 0 saturated carbocycles. The zero-order valence-electron chi connectivity index (χ0n) is 12.5. The summed E-state index contributed by atoms with van der Waals surface area (Å²) in [7, 11) is 0. The molecule has 0 aliphatic heterocycles. The predicted molar refractivity (Wildman–Crippen MR) is 86.4 cm³/mol. The largest absolute Gasteiger partial charge is 0.446 e. The Kier molecular flexibility index (Phi) is 5.38. The van der Waals surface area contributed by atoms with Crippen molar-refractivity contribution >= 4 is 11.8 Å². The predicted octanol–water partition coefficient (Wildman–Crippen LogP) is 5.09. The molecule has 1 N–H and O–H groups in total. The van der Waals surface area contributed by atoms with Crippen molar-refractivity contribution in [2.24, 2.45) is 0 Å². The highest BCUT2D eigenvalue weighted by Crippen LogP contribution is 2.27. The van der Waals surface area contributed by atoms with Gasteiger partial charge in [-0.05, 0) is 24.5 Å². The highest BCUT2D eigenvalue weighted by atomic mass is 16.6. The molecule has 2 aromatic carbocycles. The van der Waals surface area contributed by atoms with Crippen molar-refractivity contribution < 1.29 is 9.53 Å². The lowest BCUT2D eigenvalue weighted by molar-refractivity contribution is 0.106. The first-order valence-electron chi connectivity index (χ1n) is 7.36. The minimum Gasteiger partial charge on any atom is -0.446 e. The molecular formula is C18H21NO2. The van der Waals surface area contributed by atoms with Crippen molar-refractivity contribution in [1.82, 2.24) is 0 Å². The minimum absolute atomic E-state index is 0.0334. The molecule has 0 unspecified atom stereocenters. The Morgan fingerprint density at radius 1 is 1.00 bits per heavy atom. The van der Waals surface area contributed by atoms with E-state index in [1.54, 1.807) is 0 Å². The molecule has 110 valence electrons. The molecule has 1 amide bonds. The smallest absolute Gasteiger partial charge is 0.411 e. The van der Waals surface area contributed by atoms with Crippen LogP contribution in [0.4, 0.5) is 10.5 Å². The molecule has 0 heterocycles. The first-order chi connectivity index (χ1) is 10.2. The molecule has 2 aromatic rings. The Labute approximate surface area is 126 Å². The number of rotatable bonds is 5. The van der Waals surface area contributed by atoms with Crippen LogP contribution < -0.4 is 5.32 Å². The number of carbonyl (C=O) groups excluding carboxylic acids is 1. The second-order valence-electron chi connectivity index (χ2n) is 4.88. The van der Waals surface area contributed by atoms with Gasteiger partial charge in [0.2, 0.25) is 0 Å². The third kappa shape index (κ3) is 4.09. The molecule has 21 heavy (non-hydrogen) atoms. The van der Waals surface area contributed by atoms with Gasteiger partial charge in [-0.1, -0.05) is 62.4 Å². The number of carbonyl (C=O) groups is 1. The molecule has 0 atom stereocenters. The van der Waals surface area contributed by atoms with E-state index in [9.17, 15) is 4.79 Å². The third-order valence-corrected chi connectivity index (χ3v) is 3.43. The lowest BCUT2D eigenvalue weighted by atomic mass is 10.0. The first kappa shape index (κ1) is 15.1. The SMILES string of the molecule is CCC(CC)OC(=O)Nc1ccccc1-c1ccccc1. The fourth-order valence-corrected chi connectivity index (χ4v) is 2.21. The van der Waals surface area contributed by atoms with Gasteiger partial charge in [0.1, 0.15) is 6.10 Å². The van der Waals surface area contributed by atoms with E-state index in [0.29, 0.717) is 0 Å². The highest BCUT2D eigenvalue weighted by molar-refractivity contribution is 5.91. The van der Waals surface area contributed by atoms with Gasteiger partial charge in [0.05, 0.1) is 5.69 Å². The van der Waals surface area contributed by atoms with E-state index in [1.165, 1.54) is 0 Å². The second-order valence-corrected chi connectivity index (χ2v) is 4.88. The van der Waals surface area contributed by atoms with Gasteiger partial charge in [-0.3, -0.25) is 5.32 Å². The fraction of sp³-hybridized carbons (Fsp3) is 0.278. The third-order valence-electron chi connectivity index (χ3n) is 3.43. The van der Waals surface area contributed by atoms with Crippen molar-refractivity contribution in [3.05, 3.63) is 54.6 Å². The van der Waals surface area contributed by atoms with Gasteiger partial charge in [-0.2, -0.15) is 0 Å². The second kappa shape index (κ2) is 7.48. The summed E-state index contributed by atoms with van der Waals surface area (Å²) in [6, 6.07) is 17.7. The summed E-state index contributed by atoms with van der Waals surface area (Å²) in [5.74, 6) is 0. The van der Waals surface area contributed by atoms with Crippen LogP contribution in [0.15, 0.2) is 54.6 Å². The summed E-state index contributed by atoms with van der Waals surface area (Å²) >= 11 is 0. The van der Waals surface area contributed by atoms with Crippen LogP contribution in [-0.2, 0) is 4.74 Å².